The normalized spacial score (nSPS) is 10.6. The number of carbonyl (C=O) groups excluding carboxylic acids is 1. The Morgan fingerprint density at radius 2 is 1.80 bits per heavy atom. The molecule has 0 radical (unpaired) electrons. The van der Waals surface area contributed by atoms with E-state index in [-0.39, 0.29) is 18.1 Å². The Morgan fingerprint density at radius 1 is 1.08 bits per heavy atom. The van der Waals surface area contributed by atoms with Crippen molar-refractivity contribution in [2.24, 2.45) is 0 Å². The molecule has 3 rings (SSSR count). The van der Waals surface area contributed by atoms with Gasteiger partial charge in [0, 0.05) is 23.6 Å². The minimum atomic E-state index is -0.322. The smallest absolute Gasteiger partial charge is 0.247 e. The molecular formula is C18H15ClFN3O2. The lowest BCUT2D eigenvalue weighted by Gasteiger charge is -2.03. The summed E-state index contributed by atoms with van der Waals surface area (Å²) in [5, 5.41) is 11.3. The lowest BCUT2D eigenvalue weighted by atomic mass is 10.1. The van der Waals surface area contributed by atoms with E-state index in [4.69, 9.17) is 16.0 Å². The van der Waals surface area contributed by atoms with E-state index < -0.39 is 0 Å². The first kappa shape index (κ1) is 17.1. The minimum absolute atomic E-state index is 0.149. The van der Waals surface area contributed by atoms with Crippen molar-refractivity contribution in [3.8, 4) is 11.5 Å². The predicted molar refractivity (Wildman–Crippen MR) is 91.6 cm³/mol. The highest BCUT2D eigenvalue weighted by molar-refractivity contribution is 6.30. The van der Waals surface area contributed by atoms with Crippen LogP contribution < -0.4 is 5.32 Å². The van der Waals surface area contributed by atoms with Crippen LogP contribution in [-0.4, -0.2) is 22.6 Å². The van der Waals surface area contributed by atoms with E-state index in [1.54, 1.807) is 36.4 Å². The van der Waals surface area contributed by atoms with Crippen LogP contribution in [0.25, 0.3) is 11.5 Å². The quantitative estimate of drug-likeness (QED) is 0.732. The van der Waals surface area contributed by atoms with Gasteiger partial charge in [0.15, 0.2) is 0 Å². The number of rotatable bonds is 6. The van der Waals surface area contributed by atoms with Gasteiger partial charge in [-0.3, -0.25) is 4.79 Å². The molecule has 25 heavy (non-hydrogen) atoms. The van der Waals surface area contributed by atoms with Gasteiger partial charge in [-0.15, -0.1) is 10.2 Å². The number of hydrogen-bond donors (Lipinski definition) is 1. The molecule has 128 valence electrons. The number of nitrogens with zero attached hydrogens (tertiary/aromatic N) is 2. The van der Waals surface area contributed by atoms with Crippen LogP contribution in [0.4, 0.5) is 4.39 Å². The molecule has 3 aromatic rings. The summed E-state index contributed by atoms with van der Waals surface area (Å²) in [7, 11) is 0. The highest BCUT2D eigenvalue weighted by Gasteiger charge is 2.09. The number of benzene rings is 2. The number of hydrogen-bond acceptors (Lipinski definition) is 4. The molecule has 0 saturated carbocycles. The summed E-state index contributed by atoms with van der Waals surface area (Å²) in [5.74, 6) is 0.373. The third-order valence-corrected chi connectivity index (χ3v) is 3.75. The molecule has 1 heterocycles. The first-order chi connectivity index (χ1) is 12.1. The molecule has 0 atom stereocenters. The number of aromatic nitrogens is 2. The molecule has 2 aromatic carbocycles. The lowest BCUT2D eigenvalue weighted by Crippen LogP contribution is -2.27. The van der Waals surface area contributed by atoms with Crippen LogP contribution in [0.5, 0.6) is 0 Å². The van der Waals surface area contributed by atoms with E-state index in [0.29, 0.717) is 29.8 Å². The number of nitrogens with one attached hydrogen (secondary N) is 1. The van der Waals surface area contributed by atoms with Gasteiger partial charge in [0.1, 0.15) is 5.82 Å². The monoisotopic (exact) mass is 359 g/mol. The average molecular weight is 360 g/mol. The van der Waals surface area contributed by atoms with Gasteiger partial charge in [-0.05, 0) is 42.0 Å². The van der Waals surface area contributed by atoms with Crippen LogP contribution >= 0.6 is 11.6 Å². The van der Waals surface area contributed by atoms with Gasteiger partial charge >= 0.3 is 0 Å². The maximum Gasteiger partial charge on any atom is 0.247 e. The van der Waals surface area contributed by atoms with Crippen LogP contribution in [0.3, 0.4) is 0 Å². The van der Waals surface area contributed by atoms with Gasteiger partial charge in [-0.1, -0.05) is 23.7 Å². The average Bonchev–Trinajstić information content (AvgIpc) is 3.06. The maximum atomic E-state index is 12.8. The van der Waals surface area contributed by atoms with E-state index in [1.807, 2.05) is 0 Å². The Labute approximate surface area is 148 Å². The van der Waals surface area contributed by atoms with Crippen LogP contribution in [-0.2, 0) is 17.6 Å². The van der Waals surface area contributed by atoms with E-state index in [1.165, 1.54) is 12.1 Å². The standard InChI is InChI=1S/C18H15ClFN3O2/c19-14-5-3-13(4-6-14)18-23-22-17(25-18)9-10-21-16(24)11-12-1-7-15(20)8-2-12/h1-8H,9-11H2,(H,21,24). The fraction of sp³-hybridized carbons (Fsp3) is 0.167. The fourth-order valence-electron chi connectivity index (χ4n) is 2.22. The van der Waals surface area contributed by atoms with Crippen molar-refractivity contribution < 1.29 is 13.6 Å². The fourth-order valence-corrected chi connectivity index (χ4v) is 2.35. The highest BCUT2D eigenvalue weighted by Crippen LogP contribution is 2.20. The first-order valence-electron chi connectivity index (χ1n) is 7.69. The summed E-state index contributed by atoms with van der Waals surface area (Å²) in [6.07, 6.45) is 0.621. The second-order valence-electron chi connectivity index (χ2n) is 5.41. The number of halogens is 2. The molecule has 1 amide bonds. The third-order valence-electron chi connectivity index (χ3n) is 3.50. The number of carbonyl (C=O) groups is 1. The molecule has 0 saturated heterocycles. The van der Waals surface area contributed by atoms with Crippen molar-refractivity contribution in [2.75, 3.05) is 6.54 Å². The Kier molecular flexibility index (Phi) is 5.40. The SMILES string of the molecule is O=C(Cc1ccc(F)cc1)NCCc1nnc(-c2ccc(Cl)cc2)o1. The zero-order valence-corrected chi connectivity index (χ0v) is 14.0. The molecule has 0 aliphatic rings. The van der Waals surface area contributed by atoms with Crippen molar-refractivity contribution >= 4 is 17.5 Å². The van der Waals surface area contributed by atoms with Gasteiger partial charge in [0.2, 0.25) is 17.7 Å². The van der Waals surface area contributed by atoms with Crippen LogP contribution in [0.2, 0.25) is 5.02 Å². The van der Waals surface area contributed by atoms with Crippen molar-refractivity contribution in [3.05, 3.63) is 70.8 Å². The molecule has 0 bridgehead atoms. The second kappa shape index (κ2) is 7.90. The molecule has 1 aromatic heterocycles. The largest absolute Gasteiger partial charge is 0.421 e. The molecule has 5 nitrogen and oxygen atoms in total. The van der Waals surface area contributed by atoms with Crippen molar-refractivity contribution in [2.45, 2.75) is 12.8 Å². The summed E-state index contributed by atoms with van der Waals surface area (Å²) in [5.41, 5.74) is 1.53. The highest BCUT2D eigenvalue weighted by atomic mass is 35.5. The van der Waals surface area contributed by atoms with E-state index >= 15 is 0 Å². The topological polar surface area (TPSA) is 68.0 Å². The summed E-state index contributed by atoms with van der Waals surface area (Å²) >= 11 is 5.84. The lowest BCUT2D eigenvalue weighted by molar-refractivity contribution is -0.120. The van der Waals surface area contributed by atoms with Gasteiger partial charge < -0.3 is 9.73 Å². The number of amides is 1. The van der Waals surface area contributed by atoms with Crippen LogP contribution in [0.15, 0.2) is 52.9 Å². The van der Waals surface area contributed by atoms with Gasteiger partial charge in [0.25, 0.3) is 0 Å². The van der Waals surface area contributed by atoms with E-state index in [0.717, 1.165) is 11.1 Å². The molecule has 1 N–H and O–H groups in total. The minimum Gasteiger partial charge on any atom is -0.421 e. The van der Waals surface area contributed by atoms with Gasteiger partial charge in [-0.25, -0.2) is 4.39 Å². The summed E-state index contributed by atoms with van der Waals surface area (Å²) in [6.45, 7) is 0.377. The molecule has 7 heteroatoms. The third kappa shape index (κ3) is 4.87. The maximum absolute atomic E-state index is 12.8. The van der Waals surface area contributed by atoms with Crippen LogP contribution in [0.1, 0.15) is 11.5 Å². The zero-order chi connectivity index (χ0) is 17.6. The van der Waals surface area contributed by atoms with Gasteiger partial charge in [-0.2, -0.15) is 0 Å². The molecule has 0 aliphatic heterocycles. The molecule has 0 spiro atoms. The van der Waals surface area contributed by atoms with Crippen molar-refractivity contribution in [3.63, 3.8) is 0 Å². The molecule has 0 fully saturated rings. The Bertz CT molecular complexity index is 848. The first-order valence-corrected chi connectivity index (χ1v) is 8.07. The van der Waals surface area contributed by atoms with E-state index in [9.17, 15) is 9.18 Å². The van der Waals surface area contributed by atoms with Crippen LogP contribution in [0, 0.1) is 5.82 Å². The Morgan fingerprint density at radius 3 is 2.52 bits per heavy atom. The predicted octanol–water partition coefficient (Wildman–Crippen LogP) is 3.43. The summed E-state index contributed by atoms with van der Waals surface area (Å²) in [6, 6.07) is 12.9. The van der Waals surface area contributed by atoms with Gasteiger partial charge in [0.05, 0.1) is 6.42 Å². The molecule has 0 aliphatic carbocycles. The Balaban J connectivity index is 1.48. The molecular weight excluding hydrogens is 345 g/mol. The van der Waals surface area contributed by atoms with Crippen molar-refractivity contribution in [1.29, 1.82) is 0 Å². The second-order valence-corrected chi connectivity index (χ2v) is 5.85. The van der Waals surface area contributed by atoms with Crippen molar-refractivity contribution in [1.82, 2.24) is 15.5 Å². The van der Waals surface area contributed by atoms with E-state index in [2.05, 4.69) is 15.5 Å². The Hall–Kier alpha value is -2.73. The zero-order valence-electron chi connectivity index (χ0n) is 13.2. The molecule has 0 unspecified atom stereocenters. The summed E-state index contributed by atoms with van der Waals surface area (Å²) in [4.78, 5) is 11.9. The summed E-state index contributed by atoms with van der Waals surface area (Å²) < 4.78 is 18.4.